The number of aryl methyl sites for hydroxylation is 1. The van der Waals surface area contributed by atoms with Crippen molar-refractivity contribution in [2.24, 2.45) is 0 Å². The van der Waals surface area contributed by atoms with Gasteiger partial charge in [-0.25, -0.2) is 9.31 Å². The molecule has 0 bridgehead atoms. The van der Waals surface area contributed by atoms with Gasteiger partial charge >= 0.3 is 5.97 Å². The van der Waals surface area contributed by atoms with E-state index in [9.17, 15) is 19.5 Å². The van der Waals surface area contributed by atoms with Crippen molar-refractivity contribution >= 4 is 29.2 Å². The number of ketones is 1. The van der Waals surface area contributed by atoms with Crippen LogP contribution >= 0.6 is 0 Å². The van der Waals surface area contributed by atoms with Gasteiger partial charge in [0, 0.05) is 6.42 Å². The topological polar surface area (TPSA) is 124 Å². The Morgan fingerprint density at radius 1 is 1.14 bits per heavy atom. The normalized spacial score (nSPS) is 11.9. The van der Waals surface area contributed by atoms with Gasteiger partial charge in [0.15, 0.2) is 11.9 Å². The summed E-state index contributed by atoms with van der Waals surface area (Å²) in [5.74, 6) is -2.29. The van der Waals surface area contributed by atoms with Gasteiger partial charge in [-0.1, -0.05) is 61.5 Å². The fourth-order valence-corrected chi connectivity index (χ4v) is 4.48. The summed E-state index contributed by atoms with van der Waals surface area (Å²) in [4.78, 5) is 35.3. The molecule has 0 amide bonds. The first kappa shape index (κ1) is 24.7. The number of carbonyl (C=O) groups excluding carboxylic acids is 2. The Morgan fingerprint density at radius 3 is 2.44 bits per heavy atom. The predicted molar refractivity (Wildman–Crippen MR) is 136 cm³/mol. The molecule has 0 saturated heterocycles. The summed E-state index contributed by atoms with van der Waals surface area (Å²) < 4.78 is 7.33. The number of ether oxygens (including phenoxy) is 1. The Morgan fingerprint density at radius 2 is 1.81 bits per heavy atom. The molecule has 0 spiro atoms. The second-order valence-electron chi connectivity index (χ2n) is 8.47. The van der Waals surface area contributed by atoms with E-state index in [0.717, 1.165) is 27.9 Å². The maximum atomic E-state index is 12.5. The van der Waals surface area contributed by atoms with E-state index in [1.807, 2.05) is 61.5 Å². The molecule has 0 saturated carbocycles. The van der Waals surface area contributed by atoms with Gasteiger partial charge in [0.25, 0.3) is 6.29 Å². The number of benzene rings is 2. The average molecular weight is 485 g/mol. The Labute approximate surface area is 208 Å². The maximum absolute atomic E-state index is 12.5. The summed E-state index contributed by atoms with van der Waals surface area (Å²) in [6.07, 6.45) is 1.08. The molecule has 0 fully saturated rings. The van der Waals surface area contributed by atoms with Gasteiger partial charge in [-0.05, 0) is 42.5 Å². The van der Waals surface area contributed by atoms with E-state index in [1.54, 1.807) is 11.4 Å². The van der Waals surface area contributed by atoms with Crippen molar-refractivity contribution < 1.29 is 24.2 Å². The minimum atomic E-state index is -1.30. The number of carbonyl (C=O) groups is 2. The molecule has 8 nitrogen and oxygen atoms in total. The smallest absolute Gasteiger partial charge is 0.344 e. The maximum Gasteiger partial charge on any atom is 0.344 e. The second kappa shape index (κ2) is 10.0. The van der Waals surface area contributed by atoms with E-state index in [4.69, 9.17) is 10.5 Å². The Hall–Kier alpha value is -4.46. The zero-order valence-electron chi connectivity index (χ0n) is 20.2. The molecule has 0 aliphatic rings. The van der Waals surface area contributed by atoms with E-state index >= 15 is 0 Å². The van der Waals surface area contributed by atoms with Crippen molar-refractivity contribution in [2.75, 3.05) is 5.73 Å². The van der Waals surface area contributed by atoms with Crippen molar-refractivity contribution in [3.05, 3.63) is 82.7 Å². The lowest BCUT2D eigenvalue weighted by atomic mass is 9.95. The second-order valence-corrected chi connectivity index (χ2v) is 8.47. The molecule has 3 N–H and O–H groups in total. The first-order valence-corrected chi connectivity index (χ1v) is 11.6. The minimum absolute atomic E-state index is 0.0828. The molecular formula is C28H26N3O5. The third-order valence-corrected chi connectivity index (χ3v) is 6.23. The number of hydrogen-bond donors (Lipinski definition) is 2. The Kier molecular flexibility index (Phi) is 6.87. The van der Waals surface area contributed by atoms with Crippen LogP contribution in [0, 0.1) is 6.92 Å². The van der Waals surface area contributed by atoms with Crippen LogP contribution in [0.3, 0.4) is 0 Å². The van der Waals surface area contributed by atoms with Crippen LogP contribution in [-0.4, -0.2) is 38.9 Å². The number of rotatable bonds is 9. The highest BCUT2D eigenvalue weighted by atomic mass is 16.5. The summed E-state index contributed by atoms with van der Waals surface area (Å²) in [7, 11) is 0. The van der Waals surface area contributed by atoms with Crippen molar-refractivity contribution in [3.8, 4) is 16.9 Å². The standard InChI is InChI=1S/C28H26N3O5/c1-4-20-22(14-19-12-8-9-13-21(19)18-10-6-5-7-11-18)31-26(25(20)29)27(36-17(3)28(34)35)24(16(2)30-31)23(33)15-32/h5-13,17H,4,14,29H2,1-3H3,(H,34,35). The third-order valence-electron chi connectivity index (χ3n) is 6.23. The highest BCUT2D eigenvalue weighted by Crippen LogP contribution is 2.38. The quantitative estimate of drug-likeness (QED) is 0.270. The van der Waals surface area contributed by atoms with Crippen LogP contribution in [-0.2, 0) is 22.4 Å². The van der Waals surface area contributed by atoms with E-state index in [1.165, 1.54) is 13.2 Å². The highest BCUT2D eigenvalue weighted by molar-refractivity contribution is 6.35. The van der Waals surface area contributed by atoms with Gasteiger partial charge < -0.3 is 15.6 Å². The van der Waals surface area contributed by atoms with Crippen molar-refractivity contribution in [1.29, 1.82) is 0 Å². The molecule has 36 heavy (non-hydrogen) atoms. The lowest BCUT2D eigenvalue weighted by molar-refractivity contribution is -0.144. The van der Waals surface area contributed by atoms with E-state index < -0.39 is 17.9 Å². The molecule has 2 aromatic heterocycles. The van der Waals surface area contributed by atoms with Crippen LogP contribution in [0.5, 0.6) is 5.75 Å². The molecule has 4 rings (SSSR count). The highest BCUT2D eigenvalue weighted by Gasteiger charge is 2.29. The molecule has 4 aromatic rings. The summed E-state index contributed by atoms with van der Waals surface area (Å²) in [6, 6.07) is 18.0. The lowest BCUT2D eigenvalue weighted by Gasteiger charge is -2.17. The number of carboxylic acid groups (broad SMARTS) is 1. The van der Waals surface area contributed by atoms with Crippen LogP contribution in [0.25, 0.3) is 16.6 Å². The van der Waals surface area contributed by atoms with Crippen molar-refractivity contribution in [3.63, 3.8) is 0 Å². The molecule has 0 aliphatic heterocycles. The zero-order chi connectivity index (χ0) is 26.0. The number of anilines is 1. The molecule has 1 unspecified atom stereocenters. The van der Waals surface area contributed by atoms with E-state index in [2.05, 4.69) is 5.10 Å². The summed E-state index contributed by atoms with van der Waals surface area (Å²) in [5.41, 5.74) is 12.0. The largest absolute Gasteiger partial charge is 0.479 e. The molecule has 1 atom stereocenters. The number of nitrogens with zero attached hydrogens (tertiary/aromatic N) is 2. The average Bonchev–Trinajstić information content (AvgIpc) is 3.14. The fourth-order valence-electron chi connectivity index (χ4n) is 4.48. The number of fused-ring (bicyclic) bond motifs is 1. The Bertz CT molecular complexity index is 1470. The Balaban J connectivity index is 1.98. The molecule has 0 aliphatic carbocycles. The molecule has 183 valence electrons. The van der Waals surface area contributed by atoms with Gasteiger partial charge in [0.1, 0.15) is 5.52 Å². The number of aliphatic carboxylic acids is 1. The van der Waals surface area contributed by atoms with Crippen molar-refractivity contribution in [2.45, 2.75) is 39.7 Å². The number of nitrogens with two attached hydrogens (primary N) is 1. The van der Waals surface area contributed by atoms with E-state index in [0.29, 0.717) is 18.5 Å². The summed E-state index contributed by atoms with van der Waals surface area (Å²) in [5, 5.41) is 14.0. The van der Waals surface area contributed by atoms with Gasteiger partial charge in [-0.3, -0.25) is 9.59 Å². The number of hydrogen-bond acceptors (Lipinski definition) is 6. The van der Waals surface area contributed by atoms with Crippen LogP contribution < -0.4 is 10.5 Å². The number of nitrogen functional groups attached to an aromatic ring is 1. The van der Waals surface area contributed by atoms with Gasteiger partial charge in [-0.15, -0.1) is 0 Å². The minimum Gasteiger partial charge on any atom is -0.479 e. The predicted octanol–water partition coefficient (Wildman–Crippen LogP) is 4.19. The van der Waals surface area contributed by atoms with Crippen LogP contribution in [0.15, 0.2) is 54.6 Å². The van der Waals surface area contributed by atoms with Crippen molar-refractivity contribution in [1.82, 2.24) is 9.61 Å². The fraction of sp³-hybridized carbons (Fsp3) is 0.214. The van der Waals surface area contributed by atoms with E-state index in [-0.39, 0.29) is 22.5 Å². The van der Waals surface area contributed by atoms with Gasteiger partial charge in [-0.2, -0.15) is 5.10 Å². The van der Waals surface area contributed by atoms with Gasteiger partial charge in [0.2, 0.25) is 5.78 Å². The first-order chi connectivity index (χ1) is 17.3. The zero-order valence-corrected chi connectivity index (χ0v) is 20.2. The molecule has 8 heteroatoms. The molecule has 2 heterocycles. The van der Waals surface area contributed by atoms with Gasteiger partial charge in [0.05, 0.1) is 22.6 Å². The molecule has 2 aromatic carbocycles. The van der Waals surface area contributed by atoms with Crippen LogP contribution in [0.2, 0.25) is 0 Å². The monoisotopic (exact) mass is 484 g/mol. The third kappa shape index (κ3) is 4.33. The van der Waals surface area contributed by atoms with Crippen LogP contribution in [0.4, 0.5) is 5.69 Å². The lowest BCUT2D eigenvalue weighted by Crippen LogP contribution is -2.25. The summed E-state index contributed by atoms with van der Waals surface area (Å²) in [6.45, 7) is 4.85. The van der Waals surface area contributed by atoms with Crippen LogP contribution in [0.1, 0.15) is 46.7 Å². The number of carboxylic acids is 1. The molecule has 1 radical (unpaired) electrons. The first-order valence-electron chi connectivity index (χ1n) is 11.6. The summed E-state index contributed by atoms with van der Waals surface area (Å²) >= 11 is 0. The molecular weight excluding hydrogens is 458 g/mol. The number of Topliss-reactive ketones (excluding diaryl/α,β-unsaturated/α-hetero) is 1. The number of aromatic nitrogens is 2. The SMILES string of the molecule is CCc1c(N)c2c(OC(C)C(=O)O)c(C(=O)[C]=O)c(C)nn2c1Cc1ccccc1-c1ccccc1.